The predicted molar refractivity (Wildman–Crippen MR) is 103 cm³/mol. The molecule has 1 amide bonds. The van der Waals surface area contributed by atoms with Gasteiger partial charge in [-0.05, 0) is 63.6 Å². The lowest BCUT2D eigenvalue weighted by atomic mass is 9.91. The lowest BCUT2D eigenvalue weighted by Gasteiger charge is -2.34. The number of likely N-dealkylation sites (tertiary alicyclic amines) is 1. The quantitative estimate of drug-likeness (QED) is 0.678. The van der Waals surface area contributed by atoms with Crippen LogP contribution in [0.3, 0.4) is 0 Å². The van der Waals surface area contributed by atoms with Gasteiger partial charge in [0.1, 0.15) is 11.4 Å². The van der Waals surface area contributed by atoms with E-state index in [0.29, 0.717) is 19.1 Å². The van der Waals surface area contributed by atoms with Crippen LogP contribution in [-0.2, 0) is 15.9 Å². The zero-order valence-corrected chi connectivity index (χ0v) is 16.6. The highest BCUT2D eigenvalue weighted by Crippen LogP contribution is 2.23. The maximum absolute atomic E-state index is 12.3. The van der Waals surface area contributed by atoms with Crippen LogP contribution in [0.1, 0.15) is 45.6 Å². The van der Waals surface area contributed by atoms with Crippen LogP contribution in [0.25, 0.3) is 0 Å². The molecule has 1 saturated heterocycles. The molecule has 2 rings (SSSR count). The van der Waals surface area contributed by atoms with Gasteiger partial charge in [0.05, 0.1) is 6.61 Å². The molecular formula is C21H33NO4. The third kappa shape index (κ3) is 7.24. The van der Waals surface area contributed by atoms with E-state index >= 15 is 0 Å². The number of ether oxygens (including phenoxy) is 3. The molecule has 0 aliphatic carbocycles. The Morgan fingerprint density at radius 2 is 1.92 bits per heavy atom. The zero-order chi connectivity index (χ0) is 19.0. The second-order valence-electron chi connectivity index (χ2n) is 7.98. The Bertz CT molecular complexity index is 550. The van der Waals surface area contributed by atoms with Gasteiger partial charge in [0, 0.05) is 33.2 Å². The molecular weight excluding hydrogens is 330 g/mol. The van der Waals surface area contributed by atoms with Crippen molar-refractivity contribution in [2.24, 2.45) is 5.92 Å². The van der Waals surface area contributed by atoms with Gasteiger partial charge in [0.2, 0.25) is 0 Å². The van der Waals surface area contributed by atoms with Gasteiger partial charge in [-0.3, -0.25) is 0 Å². The summed E-state index contributed by atoms with van der Waals surface area (Å²) in [5, 5.41) is 0. The molecule has 1 aromatic carbocycles. The minimum atomic E-state index is -0.441. The number of benzene rings is 1. The molecule has 0 unspecified atom stereocenters. The van der Waals surface area contributed by atoms with E-state index in [4.69, 9.17) is 14.2 Å². The minimum Gasteiger partial charge on any atom is -0.494 e. The molecule has 1 atom stereocenters. The topological polar surface area (TPSA) is 48.0 Å². The van der Waals surface area contributed by atoms with Gasteiger partial charge in [0.15, 0.2) is 0 Å². The van der Waals surface area contributed by atoms with Crippen LogP contribution < -0.4 is 4.74 Å². The Morgan fingerprint density at radius 3 is 2.58 bits per heavy atom. The van der Waals surface area contributed by atoms with Crippen molar-refractivity contribution in [3.63, 3.8) is 0 Å². The van der Waals surface area contributed by atoms with Gasteiger partial charge in [-0.15, -0.1) is 0 Å². The summed E-state index contributed by atoms with van der Waals surface area (Å²) in [5.74, 6) is 1.37. The molecule has 26 heavy (non-hydrogen) atoms. The van der Waals surface area contributed by atoms with Crippen molar-refractivity contribution in [2.45, 2.75) is 52.1 Å². The Balaban J connectivity index is 1.81. The minimum absolute atomic E-state index is 0.193. The van der Waals surface area contributed by atoms with Crippen molar-refractivity contribution in [2.75, 3.05) is 33.4 Å². The lowest BCUT2D eigenvalue weighted by molar-refractivity contribution is 0.0166. The number of methoxy groups -OCH3 is 1. The molecule has 5 heteroatoms. The van der Waals surface area contributed by atoms with E-state index in [1.54, 1.807) is 7.11 Å². The molecule has 0 spiro atoms. The molecule has 0 N–H and O–H groups in total. The first-order valence-corrected chi connectivity index (χ1v) is 9.56. The molecule has 146 valence electrons. The first kappa shape index (κ1) is 20.6. The number of hydrogen-bond donors (Lipinski definition) is 0. The number of hydrogen-bond acceptors (Lipinski definition) is 4. The van der Waals surface area contributed by atoms with Gasteiger partial charge in [-0.25, -0.2) is 4.79 Å². The van der Waals surface area contributed by atoms with Crippen molar-refractivity contribution < 1.29 is 19.0 Å². The van der Waals surface area contributed by atoms with E-state index in [1.165, 1.54) is 5.56 Å². The second kappa shape index (κ2) is 9.81. The molecule has 0 aromatic heterocycles. The van der Waals surface area contributed by atoms with Crippen molar-refractivity contribution in [3.8, 4) is 5.75 Å². The third-order valence-corrected chi connectivity index (χ3v) is 4.38. The standard InChI is InChI=1S/C21H33NO4/c1-21(2,3)26-20(23)22-12-5-7-18(16-22)15-17-8-10-19(11-9-17)25-14-6-13-24-4/h8-11,18H,5-7,12-16H2,1-4H3/t18-/m1/s1. The molecule has 5 nitrogen and oxygen atoms in total. The monoisotopic (exact) mass is 363 g/mol. The molecule has 1 aliphatic rings. The van der Waals surface area contributed by atoms with Crippen molar-refractivity contribution in [3.05, 3.63) is 29.8 Å². The van der Waals surface area contributed by atoms with E-state index in [9.17, 15) is 4.79 Å². The molecule has 1 aliphatic heterocycles. The van der Waals surface area contributed by atoms with Gasteiger partial charge < -0.3 is 19.1 Å². The number of nitrogens with zero attached hydrogens (tertiary/aromatic N) is 1. The highest BCUT2D eigenvalue weighted by Gasteiger charge is 2.27. The summed E-state index contributed by atoms with van der Waals surface area (Å²) < 4.78 is 16.2. The van der Waals surface area contributed by atoms with Crippen LogP contribution in [0.15, 0.2) is 24.3 Å². The van der Waals surface area contributed by atoms with Crippen LogP contribution >= 0.6 is 0 Å². The fourth-order valence-corrected chi connectivity index (χ4v) is 3.17. The van der Waals surface area contributed by atoms with E-state index in [2.05, 4.69) is 12.1 Å². The number of piperidine rings is 1. The van der Waals surface area contributed by atoms with Gasteiger partial charge in [-0.2, -0.15) is 0 Å². The molecule has 0 saturated carbocycles. The number of amides is 1. The highest BCUT2D eigenvalue weighted by molar-refractivity contribution is 5.68. The van der Waals surface area contributed by atoms with Gasteiger partial charge in [-0.1, -0.05) is 12.1 Å². The molecule has 1 heterocycles. The van der Waals surface area contributed by atoms with Crippen LogP contribution in [0.4, 0.5) is 4.79 Å². The fraction of sp³-hybridized carbons (Fsp3) is 0.667. The van der Waals surface area contributed by atoms with E-state index in [0.717, 1.165) is 44.5 Å². The van der Waals surface area contributed by atoms with E-state index < -0.39 is 5.60 Å². The first-order chi connectivity index (χ1) is 12.4. The maximum Gasteiger partial charge on any atom is 0.410 e. The smallest absolute Gasteiger partial charge is 0.410 e. The Kier molecular flexibility index (Phi) is 7.76. The second-order valence-corrected chi connectivity index (χ2v) is 7.98. The first-order valence-electron chi connectivity index (χ1n) is 9.56. The third-order valence-electron chi connectivity index (χ3n) is 4.38. The summed E-state index contributed by atoms with van der Waals surface area (Å²) in [7, 11) is 1.70. The lowest BCUT2D eigenvalue weighted by Crippen LogP contribution is -2.43. The van der Waals surface area contributed by atoms with E-state index in [-0.39, 0.29) is 6.09 Å². The average Bonchev–Trinajstić information content (AvgIpc) is 2.59. The summed E-state index contributed by atoms with van der Waals surface area (Å²) in [5.41, 5.74) is 0.841. The zero-order valence-electron chi connectivity index (χ0n) is 16.6. The van der Waals surface area contributed by atoms with Crippen molar-refractivity contribution >= 4 is 6.09 Å². The molecule has 0 radical (unpaired) electrons. The Labute approximate surface area is 157 Å². The van der Waals surface area contributed by atoms with Crippen LogP contribution in [0.2, 0.25) is 0 Å². The highest BCUT2D eigenvalue weighted by atomic mass is 16.6. The predicted octanol–water partition coefficient (Wildman–Crippen LogP) is 4.29. The van der Waals surface area contributed by atoms with Crippen LogP contribution in [0.5, 0.6) is 5.75 Å². The number of carbonyl (C=O) groups excluding carboxylic acids is 1. The van der Waals surface area contributed by atoms with Gasteiger partial charge >= 0.3 is 6.09 Å². The van der Waals surface area contributed by atoms with Crippen LogP contribution in [0, 0.1) is 5.92 Å². The Morgan fingerprint density at radius 1 is 1.19 bits per heavy atom. The maximum atomic E-state index is 12.3. The normalized spacial score (nSPS) is 17.8. The SMILES string of the molecule is COCCCOc1ccc(C[C@H]2CCCN(C(=O)OC(C)(C)C)C2)cc1. The van der Waals surface area contributed by atoms with Crippen molar-refractivity contribution in [1.29, 1.82) is 0 Å². The molecule has 0 bridgehead atoms. The number of rotatable bonds is 7. The molecule has 1 aromatic rings. The summed E-state index contributed by atoms with van der Waals surface area (Å²) in [6.45, 7) is 8.67. The summed E-state index contributed by atoms with van der Waals surface area (Å²) in [6, 6.07) is 8.29. The molecule has 1 fully saturated rings. The fourth-order valence-electron chi connectivity index (χ4n) is 3.17. The van der Waals surface area contributed by atoms with Crippen molar-refractivity contribution in [1.82, 2.24) is 4.90 Å². The average molecular weight is 363 g/mol. The summed E-state index contributed by atoms with van der Waals surface area (Å²) in [4.78, 5) is 14.1. The largest absolute Gasteiger partial charge is 0.494 e. The summed E-state index contributed by atoms with van der Waals surface area (Å²) >= 11 is 0. The summed E-state index contributed by atoms with van der Waals surface area (Å²) in [6.07, 6.45) is 3.85. The Hall–Kier alpha value is -1.75. The van der Waals surface area contributed by atoms with Crippen LogP contribution in [-0.4, -0.2) is 50.0 Å². The van der Waals surface area contributed by atoms with Gasteiger partial charge in [0.25, 0.3) is 0 Å². The number of carbonyl (C=O) groups is 1. The van der Waals surface area contributed by atoms with E-state index in [1.807, 2.05) is 37.8 Å².